The highest BCUT2D eigenvalue weighted by Gasteiger charge is 2.26. The summed E-state index contributed by atoms with van der Waals surface area (Å²) in [5.41, 5.74) is 3.24. The zero-order valence-corrected chi connectivity index (χ0v) is 14.9. The van der Waals surface area contributed by atoms with E-state index >= 15 is 0 Å². The molecule has 1 aromatic carbocycles. The maximum absolute atomic E-state index is 13.2. The van der Waals surface area contributed by atoms with E-state index in [9.17, 15) is 9.18 Å². The van der Waals surface area contributed by atoms with Gasteiger partial charge in [0.2, 0.25) is 0 Å². The molecule has 0 saturated heterocycles. The van der Waals surface area contributed by atoms with Crippen molar-refractivity contribution in [2.45, 2.75) is 39.2 Å². The van der Waals surface area contributed by atoms with Crippen LogP contribution >= 0.6 is 0 Å². The van der Waals surface area contributed by atoms with Gasteiger partial charge in [0, 0.05) is 17.3 Å². The summed E-state index contributed by atoms with van der Waals surface area (Å²) in [7, 11) is 0. The fourth-order valence-corrected chi connectivity index (χ4v) is 3.38. The summed E-state index contributed by atoms with van der Waals surface area (Å²) in [5, 5.41) is 3.06. The zero-order valence-electron chi connectivity index (χ0n) is 14.9. The summed E-state index contributed by atoms with van der Waals surface area (Å²) >= 11 is 0. The van der Waals surface area contributed by atoms with E-state index in [1.165, 1.54) is 18.6 Å². The summed E-state index contributed by atoms with van der Waals surface area (Å²) < 4.78 is 15.0. The molecule has 0 spiro atoms. The number of aryl methyl sites for hydroxylation is 1. The van der Waals surface area contributed by atoms with Crippen LogP contribution in [0.15, 0.2) is 36.7 Å². The van der Waals surface area contributed by atoms with Crippen LogP contribution in [0.1, 0.15) is 42.4 Å². The monoisotopic (exact) mass is 352 g/mol. The standard InChI is InChI=1S/C20H21FN4O/c1-12-10-17(15-6-8-16(21)9-7-15)24-19-18(22-11-25(12)19)20(26)23-13(2)14-4-3-5-14/h6-11,13-14H,3-5H2,1-2H3,(H,23,26)/t13-/m0/s1. The first-order valence-corrected chi connectivity index (χ1v) is 8.94. The average molecular weight is 352 g/mol. The van der Waals surface area contributed by atoms with Crippen molar-refractivity contribution in [1.29, 1.82) is 0 Å². The number of nitrogens with one attached hydrogen (secondary N) is 1. The summed E-state index contributed by atoms with van der Waals surface area (Å²) in [6.07, 6.45) is 5.18. The van der Waals surface area contributed by atoms with E-state index in [-0.39, 0.29) is 17.8 Å². The second-order valence-electron chi connectivity index (χ2n) is 7.03. The van der Waals surface area contributed by atoms with Gasteiger partial charge in [-0.25, -0.2) is 14.4 Å². The maximum atomic E-state index is 13.2. The Morgan fingerprint density at radius 1 is 1.31 bits per heavy atom. The molecule has 1 N–H and O–H groups in total. The molecule has 0 bridgehead atoms. The van der Waals surface area contributed by atoms with Crippen molar-refractivity contribution in [3.63, 3.8) is 0 Å². The van der Waals surface area contributed by atoms with Gasteiger partial charge in [0.25, 0.3) is 5.91 Å². The van der Waals surface area contributed by atoms with Crippen LogP contribution in [-0.4, -0.2) is 26.3 Å². The lowest BCUT2D eigenvalue weighted by molar-refractivity contribution is 0.0906. The molecule has 4 rings (SSSR count). The van der Waals surface area contributed by atoms with Gasteiger partial charge in [0.15, 0.2) is 11.3 Å². The minimum atomic E-state index is -0.291. The highest BCUT2D eigenvalue weighted by atomic mass is 19.1. The first-order chi connectivity index (χ1) is 12.5. The molecule has 1 aliphatic rings. The summed E-state index contributed by atoms with van der Waals surface area (Å²) in [6, 6.07) is 8.21. The number of fused-ring (bicyclic) bond motifs is 1. The molecule has 3 aromatic rings. The van der Waals surface area contributed by atoms with E-state index in [0.717, 1.165) is 24.1 Å². The second kappa shape index (κ2) is 6.52. The van der Waals surface area contributed by atoms with Gasteiger partial charge in [-0.2, -0.15) is 0 Å². The van der Waals surface area contributed by atoms with Crippen LogP contribution in [0, 0.1) is 18.7 Å². The van der Waals surface area contributed by atoms with Crippen molar-refractivity contribution < 1.29 is 9.18 Å². The van der Waals surface area contributed by atoms with Gasteiger partial charge in [0.05, 0.1) is 5.69 Å². The molecule has 1 fully saturated rings. The van der Waals surface area contributed by atoms with Gasteiger partial charge in [-0.1, -0.05) is 6.42 Å². The van der Waals surface area contributed by atoms with Gasteiger partial charge in [-0.3, -0.25) is 9.20 Å². The molecule has 2 heterocycles. The number of nitrogens with zero attached hydrogens (tertiary/aromatic N) is 3. The summed E-state index contributed by atoms with van der Waals surface area (Å²) in [4.78, 5) is 21.6. The van der Waals surface area contributed by atoms with Gasteiger partial charge in [0.1, 0.15) is 12.1 Å². The van der Waals surface area contributed by atoms with Crippen molar-refractivity contribution in [2.75, 3.05) is 0 Å². The number of carbonyl (C=O) groups is 1. The highest BCUT2D eigenvalue weighted by molar-refractivity contribution is 5.98. The minimum absolute atomic E-state index is 0.134. The fraction of sp³-hybridized carbons (Fsp3) is 0.350. The summed E-state index contributed by atoms with van der Waals surface area (Å²) in [6.45, 7) is 3.98. The van der Waals surface area contributed by atoms with Gasteiger partial charge in [-0.05, 0) is 62.9 Å². The number of carbonyl (C=O) groups excluding carboxylic acids is 1. The lowest BCUT2D eigenvalue weighted by Crippen LogP contribution is -2.40. The molecule has 0 radical (unpaired) electrons. The first-order valence-electron chi connectivity index (χ1n) is 8.94. The topological polar surface area (TPSA) is 59.3 Å². The largest absolute Gasteiger partial charge is 0.348 e. The van der Waals surface area contributed by atoms with E-state index in [4.69, 9.17) is 0 Å². The van der Waals surface area contributed by atoms with Crippen LogP contribution in [0.25, 0.3) is 16.9 Å². The van der Waals surface area contributed by atoms with Crippen LogP contribution in [0.3, 0.4) is 0 Å². The zero-order chi connectivity index (χ0) is 18.3. The van der Waals surface area contributed by atoms with Gasteiger partial charge in [-0.15, -0.1) is 0 Å². The number of amides is 1. The molecule has 134 valence electrons. The van der Waals surface area contributed by atoms with E-state index < -0.39 is 0 Å². The first kappa shape index (κ1) is 16.7. The number of imidazole rings is 1. The molecule has 6 heteroatoms. The Kier molecular flexibility index (Phi) is 4.18. The van der Waals surface area contributed by atoms with Crippen molar-refractivity contribution >= 4 is 11.6 Å². The van der Waals surface area contributed by atoms with E-state index in [0.29, 0.717) is 23.0 Å². The van der Waals surface area contributed by atoms with Crippen molar-refractivity contribution in [1.82, 2.24) is 19.7 Å². The molecule has 2 aromatic heterocycles. The minimum Gasteiger partial charge on any atom is -0.348 e. The average Bonchev–Trinajstić information content (AvgIpc) is 2.98. The number of hydrogen-bond acceptors (Lipinski definition) is 3. The van der Waals surface area contributed by atoms with E-state index in [1.54, 1.807) is 22.9 Å². The number of aromatic nitrogens is 3. The lowest BCUT2D eigenvalue weighted by Gasteiger charge is -2.31. The van der Waals surface area contributed by atoms with Gasteiger partial charge >= 0.3 is 0 Å². The quantitative estimate of drug-likeness (QED) is 0.778. The molecule has 1 saturated carbocycles. The Morgan fingerprint density at radius 3 is 2.69 bits per heavy atom. The normalized spacial score (nSPS) is 15.7. The molecule has 26 heavy (non-hydrogen) atoms. The van der Waals surface area contributed by atoms with E-state index in [2.05, 4.69) is 15.3 Å². The Hall–Kier alpha value is -2.76. The predicted octanol–water partition coefficient (Wildman–Crippen LogP) is 3.76. The molecular weight excluding hydrogens is 331 g/mol. The maximum Gasteiger partial charge on any atom is 0.274 e. The molecule has 1 amide bonds. The van der Waals surface area contributed by atoms with E-state index in [1.807, 2.05) is 19.9 Å². The van der Waals surface area contributed by atoms with Crippen LogP contribution < -0.4 is 5.32 Å². The molecule has 0 unspecified atom stereocenters. The number of hydrogen-bond donors (Lipinski definition) is 1. The van der Waals surface area contributed by atoms with Crippen LogP contribution in [0.2, 0.25) is 0 Å². The predicted molar refractivity (Wildman–Crippen MR) is 97.4 cm³/mol. The number of rotatable bonds is 4. The fourth-order valence-electron chi connectivity index (χ4n) is 3.38. The van der Waals surface area contributed by atoms with Crippen molar-refractivity contribution in [2.24, 2.45) is 5.92 Å². The Balaban J connectivity index is 1.69. The Labute approximate surface area is 151 Å². The molecule has 0 aliphatic heterocycles. The Bertz CT molecular complexity index is 960. The number of halogens is 1. The second-order valence-corrected chi connectivity index (χ2v) is 7.03. The summed E-state index contributed by atoms with van der Waals surface area (Å²) in [5.74, 6) is 0.0632. The third kappa shape index (κ3) is 2.96. The van der Waals surface area contributed by atoms with Gasteiger partial charge < -0.3 is 5.32 Å². The molecular formula is C20H21FN4O. The lowest BCUT2D eigenvalue weighted by atomic mass is 9.80. The van der Waals surface area contributed by atoms with Crippen molar-refractivity contribution in [3.8, 4) is 11.3 Å². The third-order valence-corrected chi connectivity index (χ3v) is 5.27. The number of benzene rings is 1. The molecule has 5 nitrogen and oxygen atoms in total. The third-order valence-electron chi connectivity index (χ3n) is 5.27. The smallest absolute Gasteiger partial charge is 0.274 e. The van der Waals surface area contributed by atoms with Crippen LogP contribution in [0.5, 0.6) is 0 Å². The molecule has 1 aliphatic carbocycles. The highest BCUT2D eigenvalue weighted by Crippen LogP contribution is 2.29. The van der Waals surface area contributed by atoms with Crippen LogP contribution in [-0.2, 0) is 0 Å². The SMILES string of the molecule is Cc1cc(-c2ccc(F)cc2)nc2c(C(=O)N[C@@H](C)C3CCC3)ncn12. The Morgan fingerprint density at radius 2 is 2.04 bits per heavy atom. The van der Waals surface area contributed by atoms with Crippen LogP contribution in [0.4, 0.5) is 4.39 Å². The molecule has 1 atom stereocenters. The van der Waals surface area contributed by atoms with Crippen molar-refractivity contribution in [3.05, 3.63) is 53.9 Å².